The van der Waals surface area contributed by atoms with Gasteiger partial charge in [0, 0.05) is 41.6 Å². The maximum Gasteiger partial charge on any atom is 0.409 e. The fraction of sp³-hybridized carbons (Fsp3) is 0.292. The summed E-state index contributed by atoms with van der Waals surface area (Å²) in [6.07, 6.45) is 2.69. The summed E-state index contributed by atoms with van der Waals surface area (Å²) in [6, 6.07) is 14.6. The van der Waals surface area contributed by atoms with E-state index < -0.39 is 0 Å². The van der Waals surface area contributed by atoms with Gasteiger partial charge in [0.15, 0.2) is 0 Å². The topological polar surface area (TPSA) is 76.5 Å². The summed E-state index contributed by atoms with van der Waals surface area (Å²) in [5.74, 6) is 0.288. The summed E-state index contributed by atoms with van der Waals surface area (Å²) in [5.41, 5.74) is 1.81. The molecule has 9 heteroatoms. The smallest absolute Gasteiger partial charge is 0.409 e. The van der Waals surface area contributed by atoms with Gasteiger partial charge in [0.05, 0.1) is 11.6 Å². The Kier molecular flexibility index (Phi) is 7.20. The van der Waals surface area contributed by atoms with Crippen LogP contribution >= 0.6 is 23.2 Å². The number of likely N-dealkylation sites (tertiary alicyclic amines) is 1. The van der Waals surface area contributed by atoms with Gasteiger partial charge in [-0.1, -0.05) is 35.3 Å². The quantitative estimate of drug-likeness (QED) is 0.537. The zero-order valence-corrected chi connectivity index (χ0v) is 19.6. The summed E-state index contributed by atoms with van der Waals surface area (Å²) in [7, 11) is 0. The molecule has 3 aromatic rings. The van der Waals surface area contributed by atoms with E-state index in [1.807, 2.05) is 34.9 Å². The van der Waals surface area contributed by atoms with Crippen molar-refractivity contribution in [1.82, 2.24) is 19.8 Å². The van der Waals surface area contributed by atoms with Gasteiger partial charge in [-0.25, -0.2) is 9.78 Å². The number of aromatic nitrogens is 2. The zero-order valence-electron chi connectivity index (χ0n) is 18.1. The average molecular weight is 487 g/mol. The molecule has 1 saturated heterocycles. The van der Waals surface area contributed by atoms with Crippen LogP contribution in [0.3, 0.4) is 0 Å². The van der Waals surface area contributed by atoms with Gasteiger partial charge in [0.2, 0.25) is 0 Å². The van der Waals surface area contributed by atoms with E-state index in [1.54, 1.807) is 36.2 Å². The highest BCUT2D eigenvalue weighted by molar-refractivity contribution is 6.33. The number of carbonyl (C=O) groups excluding carboxylic acids is 2. The lowest BCUT2D eigenvalue weighted by Crippen LogP contribution is -2.46. The number of nitrogens with zero attached hydrogens (tertiary/aromatic N) is 3. The third-order valence-corrected chi connectivity index (χ3v) is 6.10. The number of piperidine rings is 1. The fourth-order valence-electron chi connectivity index (χ4n) is 3.80. The van der Waals surface area contributed by atoms with Crippen LogP contribution in [0.15, 0.2) is 54.7 Å². The molecule has 0 atom stereocenters. The SMILES string of the molecule is CCOC(=O)N1CCC(NC(=O)c2cn(-c3ccc(Cl)cc3)c(-c3ccccc3Cl)n2)CC1. The highest BCUT2D eigenvalue weighted by atomic mass is 35.5. The predicted octanol–water partition coefficient (Wildman–Crippen LogP) is 5.20. The second kappa shape index (κ2) is 10.3. The minimum Gasteiger partial charge on any atom is -0.450 e. The summed E-state index contributed by atoms with van der Waals surface area (Å²) in [4.78, 5) is 31.2. The predicted molar refractivity (Wildman–Crippen MR) is 128 cm³/mol. The Labute approximate surface area is 202 Å². The number of carbonyl (C=O) groups is 2. The molecule has 0 unspecified atom stereocenters. The molecule has 1 fully saturated rings. The van der Waals surface area contributed by atoms with Gasteiger partial charge in [-0.05, 0) is 56.2 Å². The summed E-state index contributed by atoms with van der Waals surface area (Å²) < 4.78 is 6.88. The number of hydrogen-bond donors (Lipinski definition) is 1. The van der Waals surface area contributed by atoms with E-state index in [9.17, 15) is 9.59 Å². The van der Waals surface area contributed by atoms with E-state index in [-0.39, 0.29) is 23.7 Å². The molecule has 4 rings (SSSR count). The van der Waals surface area contributed by atoms with Crippen LogP contribution in [0.2, 0.25) is 10.0 Å². The third kappa shape index (κ3) is 5.31. The van der Waals surface area contributed by atoms with Crippen LogP contribution in [-0.4, -0.2) is 52.2 Å². The number of amides is 2. The molecule has 2 heterocycles. The first-order chi connectivity index (χ1) is 16.0. The van der Waals surface area contributed by atoms with Crippen molar-refractivity contribution in [3.05, 3.63) is 70.5 Å². The van der Waals surface area contributed by atoms with Crippen molar-refractivity contribution in [2.24, 2.45) is 0 Å². The van der Waals surface area contributed by atoms with Crippen molar-refractivity contribution in [3.8, 4) is 17.1 Å². The normalized spacial score (nSPS) is 14.2. The van der Waals surface area contributed by atoms with E-state index in [4.69, 9.17) is 27.9 Å². The lowest BCUT2D eigenvalue weighted by molar-refractivity contribution is 0.0857. The minimum absolute atomic E-state index is 0.0485. The first-order valence-corrected chi connectivity index (χ1v) is 11.5. The number of rotatable bonds is 5. The molecule has 1 aliphatic rings. The fourth-order valence-corrected chi connectivity index (χ4v) is 4.15. The molecule has 1 N–H and O–H groups in total. The Hall–Kier alpha value is -3.03. The second-order valence-corrected chi connectivity index (χ2v) is 8.55. The average Bonchev–Trinajstić information content (AvgIpc) is 3.26. The van der Waals surface area contributed by atoms with Crippen LogP contribution in [0.4, 0.5) is 4.79 Å². The Balaban J connectivity index is 1.55. The van der Waals surface area contributed by atoms with Crippen molar-refractivity contribution in [2.75, 3.05) is 19.7 Å². The van der Waals surface area contributed by atoms with Crippen molar-refractivity contribution in [2.45, 2.75) is 25.8 Å². The Morgan fingerprint density at radius 3 is 2.45 bits per heavy atom. The van der Waals surface area contributed by atoms with Gasteiger partial charge < -0.3 is 15.0 Å². The number of benzene rings is 2. The Bertz CT molecular complexity index is 1140. The van der Waals surface area contributed by atoms with Gasteiger partial charge in [0.25, 0.3) is 5.91 Å². The van der Waals surface area contributed by atoms with Gasteiger partial charge >= 0.3 is 6.09 Å². The first-order valence-electron chi connectivity index (χ1n) is 10.8. The molecule has 0 saturated carbocycles. The molecule has 2 aromatic carbocycles. The highest BCUT2D eigenvalue weighted by Gasteiger charge is 2.26. The molecule has 1 aromatic heterocycles. The molecular formula is C24H24Cl2N4O3. The number of ether oxygens (including phenoxy) is 1. The van der Waals surface area contributed by atoms with Crippen LogP contribution in [0.25, 0.3) is 17.1 Å². The van der Waals surface area contributed by atoms with Crippen LogP contribution < -0.4 is 5.32 Å². The molecule has 0 spiro atoms. The first kappa shape index (κ1) is 23.1. The summed E-state index contributed by atoms with van der Waals surface area (Å²) >= 11 is 12.5. The minimum atomic E-state index is -0.312. The number of nitrogens with one attached hydrogen (secondary N) is 1. The van der Waals surface area contributed by atoms with Gasteiger partial charge in [-0.15, -0.1) is 0 Å². The van der Waals surface area contributed by atoms with E-state index in [0.717, 1.165) is 11.3 Å². The Morgan fingerprint density at radius 2 is 1.79 bits per heavy atom. The van der Waals surface area contributed by atoms with Gasteiger partial charge in [0.1, 0.15) is 11.5 Å². The van der Waals surface area contributed by atoms with Crippen LogP contribution in [0.5, 0.6) is 0 Å². The van der Waals surface area contributed by atoms with E-state index in [1.165, 1.54) is 0 Å². The Morgan fingerprint density at radius 1 is 1.09 bits per heavy atom. The summed E-state index contributed by atoms with van der Waals surface area (Å²) in [6.45, 7) is 3.20. The molecule has 33 heavy (non-hydrogen) atoms. The maximum atomic E-state index is 13.1. The van der Waals surface area contributed by atoms with Crippen LogP contribution in [0.1, 0.15) is 30.3 Å². The molecule has 0 aliphatic carbocycles. The van der Waals surface area contributed by atoms with E-state index >= 15 is 0 Å². The molecular weight excluding hydrogens is 463 g/mol. The molecule has 2 amide bonds. The van der Waals surface area contributed by atoms with Crippen molar-refractivity contribution >= 4 is 35.2 Å². The molecule has 0 radical (unpaired) electrons. The van der Waals surface area contributed by atoms with Crippen LogP contribution in [-0.2, 0) is 4.74 Å². The monoisotopic (exact) mass is 486 g/mol. The maximum absolute atomic E-state index is 13.1. The molecule has 1 aliphatic heterocycles. The van der Waals surface area contributed by atoms with E-state index in [0.29, 0.717) is 48.4 Å². The third-order valence-electron chi connectivity index (χ3n) is 5.51. The molecule has 7 nitrogen and oxygen atoms in total. The van der Waals surface area contributed by atoms with Gasteiger partial charge in [-0.2, -0.15) is 0 Å². The number of halogens is 2. The largest absolute Gasteiger partial charge is 0.450 e. The number of imidazole rings is 1. The van der Waals surface area contributed by atoms with Crippen LogP contribution in [0, 0.1) is 0 Å². The number of hydrogen-bond acceptors (Lipinski definition) is 4. The van der Waals surface area contributed by atoms with E-state index in [2.05, 4.69) is 10.3 Å². The second-order valence-electron chi connectivity index (χ2n) is 7.71. The highest BCUT2D eigenvalue weighted by Crippen LogP contribution is 2.29. The van der Waals surface area contributed by atoms with Crippen molar-refractivity contribution in [1.29, 1.82) is 0 Å². The van der Waals surface area contributed by atoms with Crippen molar-refractivity contribution < 1.29 is 14.3 Å². The lowest BCUT2D eigenvalue weighted by Gasteiger charge is -2.31. The molecule has 0 bridgehead atoms. The van der Waals surface area contributed by atoms with Crippen molar-refractivity contribution in [3.63, 3.8) is 0 Å². The molecule has 172 valence electrons. The summed E-state index contributed by atoms with van der Waals surface area (Å²) in [5, 5.41) is 4.20. The van der Waals surface area contributed by atoms with Gasteiger partial charge in [-0.3, -0.25) is 9.36 Å². The standard InChI is InChI=1S/C24H24Cl2N4O3/c1-2-33-24(32)29-13-11-17(12-14-29)27-23(31)21-15-30(18-9-7-16(25)8-10-18)22(28-21)19-5-3-4-6-20(19)26/h3-10,15,17H,2,11-14H2,1H3,(H,27,31). The zero-order chi connectivity index (χ0) is 23.4. The lowest BCUT2D eigenvalue weighted by atomic mass is 10.1.